The fourth-order valence-corrected chi connectivity index (χ4v) is 8.65. The van der Waals surface area contributed by atoms with Crippen molar-refractivity contribution >= 4 is 60.7 Å². The SMILES string of the molecule is c1ccc(-c2ccc3c(c2)c2cc(-c4ccccc4)ccc2n3-c2ccc(N(c3ccccc3)c3ccc4c5ccccc5n(-c5ccccc5)c4c3)cc2)cc1. The van der Waals surface area contributed by atoms with Gasteiger partial charge in [0.1, 0.15) is 0 Å². The molecule has 0 radical (unpaired) electrons. The summed E-state index contributed by atoms with van der Waals surface area (Å²) in [7, 11) is 0. The van der Waals surface area contributed by atoms with Gasteiger partial charge in [-0.2, -0.15) is 0 Å². The average molecular weight is 728 g/mol. The van der Waals surface area contributed by atoms with Gasteiger partial charge in [0.25, 0.3) is 0 Å². The molecule has 0 saturated carbocycles. The molecule has 0 fully saturated rings. The van der Waals surface area contributed by atoms with Gasteiger partial charge in [0, 0.05) is 50.0 Å². The second kappa shape index (κ2) is 13.6. The number of fused-ring (bicyclic) bond motifs is 6. The normalized spacial score (nSPS) is 11.5. The molecule has 0 N–H and O–H groups in total. The minimum Gasteiger partial charge on any atom is -0.310 e. The van der Waals surface area contributed by atoms with Crippen LogP contribution in [-0.4, -0.2) is 9.13 Å². The highest BCUT2D eigenvalue weighted by molar-refractivity contribution is 6.12. The molecule has 57 heavy (non-hydrogen) atoms. The van der Waals surface area contributed by atoms with E-state index in [1.807, 2.05) is 0 Å². The molecule has 11 aromatic rings. The van der Waals surface area contributed by atoms with Gasteiger partial charge < -0.3 is 14.0 Å². The largest absolute Gasteiger partial charge is 0.310 e. The van der Waals surface area contributed by atoms with E-state index in [1.54, 1.807) is 0 Å². The highest BCUT2D eigenvalue weighted by Crippen LogP contribution is 2.41. The summed E-state index contributed by atoms with van der Waals surface area (Å²) < 4.78 is 4.80. The van der Waals surface area contributed by atoms with Crippen LogP contribution in [0.3, 0.4) is 0 Å². The van der Waals surface area contributed by atoms with Gasteiger partial charge in [-0.1, -0.05) is 133 Å². The smallest absolute Gasteiger partial charge is 0.0561 e. The molecule has 11 rings (SSSR count). The molecule has 3 heteroatoms. The topological polar surface area (TPSA) is 13.1 Å². The zero-order valence-electron chi connectivity index (χ0n) is 31.2. The van der Waals surface area contributed by atoms with Gasteiger partial charge in [0.05, 0.1) is 22.1 Å². The monoisotopic (exact) mass is 727 g/mol. The number of rotatable bonds is 7. The molecule has 268 valence electrons. The molecule has 0 aliphatic rings. The second-order valence-corrected chi connectivity index (χ2v) is 14.6. The summed E-state index contributed by atoms with van der Waals surface area (Å²) in [6, 6.07) is 81.1. The van der Waals surface area contributed by atoms with E-state index >= 15 is 0 Å². The Morgan fingerprint density at radius 2 is 0.684 bits per heavy atom. The number of para-hydroxylation sites is 3. The maximum atomic E-state index is 2.41. The quantitative estimate of drug-likeness (QED) is 0.159. The minimum absolute atomic E-state index is 1.09. The molecule has 0 saturated heterocycles. The zero-order valence-corrected chi connectivity index (χ0v) is 31.2. The van der Waals surface area contributed by atoms with Gasteiger partial charge >= 0.3 is 0 Å². The number of hydrogen-bond acceptors (Lipinski definition) is 1. The first-order valence-corrected chi connectivity index (χ1v) is 19.5. The summed E-state index contributed by atoms with van der Waals surface area (Å²) in [5.41, 5.74) is 15.1. The highest BCUT2D eigenvalue weighted by atomic mass is 15.1. The third-order valence-corrected chi connectivity index (χ3v) is 11.3. The standard InChI is InChI=1S/C54H37N3/c1-5-15-38(16-6-1)40-25-33-52-49(35-40)50-36-41(39-17-7-2-8-18-39)26-34-53(50)56(52)45-29-27-44(28-30-45)55(42-19-9-3-10-20-42)46-31-32-48-47-23-13-14-24-51(47)57(54(48)37-46)43-21-11-4-12-22-43/h1-37H. The van der Waals surface area contributed by atoms with Crippen LogP contribution in [0, 0.1) is 0 Å². The Labute approximate surface area is 331 Å². The van der Waals surface area contributed by atoms with Crippen LogP contribution in [-0.2, 0) is 0 Å². The Morgan fingerprint density at radius 1 is 0.246 bits per heavy atom. The highest BCUT2D eigenvalue weighted by Gasteiger charge is 2.19. The van der Waals surface area contributed by atoms with Gasteiger partial charge in [0.2, 0.25) is 0 Å². The lowest BCUT2D eigenvalue weighted by Crippen LogP contribution is -2.10. The van der Waals surface area contributed by atoms with Crippen LogP contribution in [0.2, 0.25) is 0 Å². The molecular formula is C54H37N3. The molecule has 3 nitrogen and oxygen atoms in total. The van der Waals surface area contributed by atoms with Crippen LogP contribution < -0.4 is 4.90 Å². The number of anilines is 3. The molecular weight excluding hydrogens is 691 g/mol. The lowest BCUT2D eigenvalue weighted by molar-refractivity contribution is 1.17. The van der Waals surface area contributed by atoms with Crippen molar-refractivity contribution in [2.75, 3.05) is 4.90 Å². The van der Waals surface area contributed by atoms with Crippen molar-refractivity contribution < 1.29 is 0 Å². The summed E-state index contributed by atoms with van der Waals surface area (Å²) in [6.07, 6.45) is 0. The molecule has 9 aromatic carbocycles. The zero-order chi connectivity index (χ0) is 37.7. The van der Waals surface area contributed by atoms with Crippen molar-refractivity contribution in [2.24, 2.45) is 0 Å². The van der Waals surface area contributed by atoms with Gasteiger partial charge in [-0.15, -0.1) is 0 Å². The van der Waals surface area contributed by atoms with Crippen LogP contribution in [0.1, 0.15) is 0 Å². The first-order chi connectivity index (χ1) is 28.3. The van der Waals surface area contributed by atoms with Crippen molar-refractivity contribution in [3.8, 4) is 33.6 Å². The average Bonchev–Trinajstić information content (AvgIpc) is 3.80. The van der Waals surface area contributed by atoms with E-state index in [4.69, 9.17) is 0 Å². The van der Waals surface area contributed by atoms with Crippen LogP contribution in [0.4, 0.5) is 17.1 Å². The Balaban J connectivity index is 1.07. The summed E-state index contributed by atoms with van der Waals surface area (Å²) in [4.78, 5) is 2.36. The summed E-state index contributed by atoms with van der Waals surface area (Å²) in [5.74, 6) is 0. The summed E-state index contributed by atoms with van der Waals surface area (Å²) in [5, 5.41) is 4.96. The number of nitrogens with zero attached hydrogens (tertiary/aromatic N) is 3. The van der Waals surface area contributed by atoms with Crippen LogP contribution in [0.15, 0.2) is 224 Å². The lowest BCUT2D eigenvalue weighted by atomic mass is 10.0. The summed E-state index contributed by atoms with van der Waals surface area (Å²) >= 11 is 0. The van der Waals surface area contributed by atoms with Crippen molar-refractivity contribution in [1.29, 1.82) is 0 Å². The van der Waals surface area contributed by atoms with Crippen LogP contribution in [0.5, 0.6) is 0 Å². The third kappa shape index (κ3) is 5.60. The van der Waals surface area contributed by atoms with E-state index in [9.17, 15) is 0 Å². The fourth-order valence-electron chi connectivity index (χ4n) is 8.65. The first-order valence-electron chi connectivity index (χ1n) is 19.5. The molecule has 0 unspecified atom stereocenters. The van der Waals surface area contributed by atoms with Crippen LogP contribution in [0.25, 0.3) is 77.2 Å². The lowest BCUT2D eigenvalue weighted by Gasteiger charge is -2.26. The number of benzene rings is 9. The van der Waals surface area contributed by atoms with Crippen molar-refractivity contribution in [1.82, 2.24) is 9.13 Å². The van der Waals surface area contributed by atoms with E-state index in [1.165, 1.54) is 65.9 Å². The van der Waals surface area contributed by atoms with Crippen molar-refractivity contribution in [3.63, 3.8) is 0 Å². The Hall–Kier alpha value is -7.62. The second-order valence-electron chi connectivity index (χ2n) is 14.6. The van der Waals surface area contributed by atoms with E-state index in [0.29, 0.717) is 0 Å². The molecule has 0 aliphatic heterocycles. The fraction of sp³-hybridized carbons (Fsp3) is 0. The molecule has 2 heterocycles. The van der Waals surface area contributed by atoms with Gasteiger partial charge in [-0.05, 0) is 113 Å². The maximum Gasteiger partial charge on any atom is 0.0561 e. The van der Waals surface area contributed by atoms with Gasteiger partial charge in [-0.25, -0.2) is 0 Å². The van der Waals surface area contributed by atoms with E-state index in [-0.39, 0.29) is 0 Å². The van der Waals surface area contributed by atoms with E-state index in [2.05, 4.69) is 238 Å². The predicted molar refractivity (Wildman–Crippen MR) is 241 cm³/mol. The Bertz CT molecular complexity index is 3100. The minimum atomic E-state index is 1.09. The maximum absolute atomic E-state index is 2.41. The molecule has 0 aliphatic carbocycles. The third-order valence-electron chi connectivity index (χ3n) is 11.3. The Morgan fingerprint density at radius 3 is 1.30 bits per heavy atom. The predicted octanol–water partition coefficient (Wildman–Crippen LogP) is 14.7. The van der Waals surface area contributed by atoms with Crippen molar-refractivity contribution in [3.05, 3.63) is 224 Å². The number of hydrogen-bond donors (Lipinski definition) is 0. The Kier molecular flexibility index (Phi) is 7.82. The number of aromatic nitrogens is 2. The van der Waals surface area contributed by atoms with E-state index < -0.39 is 0 Å². The first kappa shape index (κ1) is 32.8. The van der Waals surface area contributed by atoms with E-state index in [0.717, 1.165) is 28.4 Å². The van der Waals surface area contributed by atoms with Gasteiger partial charge in [-0.3, -0.25) is 0 Å². The molecule has 0 amide bonds. The summed E-state index contributed by atoms with van der Waals surface area (Å²) in [6.45, 7) is 0. The van der Waals surface area contributed by atoms with Crippen molar-refractivity contribution in [2.45, 2.75) is 0 Å². The molecule has 0 bridgehead atoms. The molecule has 0 atom stereocenters. The molecule has 0 spiro atoms. The van der Waals surface area contributed by atoms with Gasteiger partial charge in [0.15, 0.2) is 0 Å². The van der Waals surface area contributed by atoms with Crippen LogP contribution >= 0.6 is 0 Å². The molecule has 2 aromatic heterocycles.